The minimum Gasteiger partial charge on any atom is -0.493 e. The van der Waals surface area contributed by atoms with Crippen molar-refractivity contribution in [3.63, 3.8) is 0 Å². The number of hydrogen-bond donors (Lipinski definition) is 1. The van der Waals surface area contributed by atoms with Crippen LogP contribution in [0.15, 0.2) is 36.7 Å². The van der Waals surface area contributed by atoms with Crippen molar-refractivity contribution in [1.29, 1.82) is 0 Å². The van der Waals surface area contributed by atoms with Gasteiger partial charge in [-0.05, 0) is 31.0 Å². The van der Waals surface area contributed by atoms with Gasteiger partial charge in [0.1, 0.15) is 23.5 Å². The van der Waals surface area contributed by atoms with Crippen molar-refractivity contribution in [1.82, 2.24) is 19.9 Å². The molecule has 0 aliphatic carbocycles. The molecule has 3 heterocycles. The highest BCUT2D eigenvalue weighted by Crippen LogP contribution is 2.33. The molecule has 1 fully saturated rings. The zero-order chi connectivity index (χ0) is 20.2. The molecule has 152 valence electrons. The molecule has 0 saturated carbocycles. The molecule has 2 N–H and O–H groups in total. The number of nitrogen functional groups attached to an aromatic ring is 1. The number of aromatic nitrogens is 3. The summed E-state index contributed by atoms with van der Waals surface area (Å²) in [5.74, 6) is 3.20. The second-order valence-corrected chi connectivity index (χ2v) is 7.03. The van der Waals surface area contributed by atoms with Crippen molar-refractivity contribution in [3.05, 3.63) is 42.5 Å². The first-order valence-corrected chi connectivity index (χ1v) is 9.63. The highest BCUT2D eigenvalue weighted by atomic mass is 16.5. The number of anilines is 1. The summed E-state index contributed by atoms with van der Waals surface area (Å²) in [6, 6.07) is 7.48. The summed E-state index contributed by atoms with van der Waals surface area (Å²) in [4.78, 5) is 15.6. The first kappa shape index (κ1) is 19.2. The monoisotopic (exact) mass is 395 g/mol. The Bertz CT molecular complexity index is 975. The Labute approximate surface area is 169 Å². The first-order valence-electron chi connectivity index (χ1n) is 9.63. The van der Waals surface area contributed by atoms with Crippen molar-refractivity contribution in [2.45, 2.75) is 25.5 Å². The van der Waals surface area contributed by atoms with Gasteiger partial charge in [0.2, 0.25) is 0 Å². The molecule has 8 heteroatoms. The average Bonchev–Trinajstić information content (AvgIpc) is 2.75. The summed E-state index contributed by atoms with van der Waals surface area (Å²) in [6.45, 7) is 2.48. The Kier molecular flexibility index (Phi) is 5.62. The Morgan fingerprint density at radius 1 is 1.10 bits per heavy atom. The molecule has 0 bridgehead atoms. The van der Waals surface area contributed by atoms with Gasteiger partial charge in [-0.3, -0.25) is 9.88 Å². The topological polar surface area (TPSA) is 95.6 Å². The minimum atomic E-state index is 0.203. The second-order valence-electron chi connectivity index (χ2n) is 7.03. The van der Waals surface area contributed by atoms with Crippen LogP contribution in [0.1, 0.15) is 18.7 Å². The van der Waals surface area contributed by atoms with Crippen LogP contribution in [-0.4, -0.2) is 53.3 Å². The van der Waals surface area contributed by atoms with E-state index in [4.69, 9.17) is 24.9 Å². The number of nitrogens with zero attached hydrogens (tertiary/aromatic N) is 4. The predicted molar refractivity (Wildman–Crippen MR) is 110 cm³/mol. The largest absolute Gasteiger partial charge is 0.493 e. The van der Waals surface area contributed by atoms with Crippen LogP contribution >= 0.6 is 0 Å². The third kappa shape index (κ3) is 4.32. The van der Waals surface area contributed by atoms with Gasteiger partial charge in [0.05, 0.1) is 32.5 Å². The standard InChI is InChI=1S/C21H25N5O3/c1-27-18-10-16-17(11-19(18)28-2)24-20(25-21(16)22)13-26-8-5-14(6-9-26)29-15-4-3-7-23-12-15/h3-4,7,10-12,14H,5-6,8-9,13H2,1-2H3,(H2,22,24,25). The fourth-order valence-corrected chi connectivity index (χ4v) is 3.59. The molecule has 0 radical (unpaired) electrons. The van der Waals surface area contributed by atoms with E-state index in [1.165, 1.54) is 0 Å². The number of likely N-dealkylation sites (tertiary alicyclic amines) is 1. The van der Waals surface area contributed by atoms with Gasteiger partial charge in [-0.15, -0.1) is 0 Å². The lowest BCUT2D eigenvalue weighted by atomic mass is 10.1. The van der Waals surface area contributed by atoms with Gasteiger partial charge in [-0.2, -0.15) is 0 Å². The van der Waals surface area contributed by atoms with Crippen molar-refractivity contribution in [3.8, 4) is 17.2 Å². The van der Waals surface area contributed by atoms with E-state index in [0.717, 1.165) is 42.6 Å². The van der Waals surface area contributed by atoms with Crippen LogP contribution in [0.3, 0.4) is 0 Å². The quantitative estimate of drug-likeness (QED) is 0.681. The Morgan fingerprint density at radius 3 is 2.55 bits per heavy atom. The van der Waals surface area contributed by atoms with Crippen LogP contribution < -0.4 is 19.9 Å². The van der Waals surface area contributed by atoms with Crippen LogP contribution in [0.5, 0.6) is 17.2 Å². The molecule has 0 atom stereocenters. The van der Waals surface area contributed by atoms with Crippen LogP contribution in [0.2, 0.25) is 0 Å². The molecule has 0 spiro atoms. The van der Waals surface area contributed by atoms with E-state index in [1.807, 2.05) is 24.3 Å². The van der Waals surface area contributed by atoms with Crippen LogP contribution in [-0.2, 0) is 6.54 Å². The van der Waals surface area contributed by atoms with Crippen LogP contribution in [0.25, 0.3) is 10.9 Å². The summed E-state index contributed by atoms with van der Waals surface area (Å²) < 4.78 is 16.7. The second kappa shape index (κ2) is 8.48. The van der Waals surface area contributed by atoms with Gasteiger partial charge >= 0.3 is 0 Å². The number of pyridine rings is 1. The lowest BCUT2D eigenvalue weighted by Gasteiger charge is -2.31. The highest BCUT2D eigenvalue weighted by molar-refractivity contribution is 5.90. The first-order chi connectivity index (χ1) is 14.2. The van der Waals surface area contributed by atoms with E-state index < -0.39 is 0 Å². The molecule has 29 heavy (non-hydrogen) atoms. The number of methoxy groups -OCH3 is 2. The van der Waals surface area contributed by atoms with Crippen LogP contribution in [0, 0.1) is 0 Å². The molecule has 2 aromatic heterocycles. The number of hydrogen-bond acceptors (Lipinski definition) is 8. The smallest absolute Gasteiger partial charge is 0.162 e. The third-order valence-electron chi connectivity index (χ3n) is 5.11. The third-order valence-corrected chi connectivity index (χ3v) is 5.11. The Morgan fingerprint density at radius 2 is 1.86 bits per heavy atom. The average molecular weight is 395 g/mol. The molecule has 1 aromatic carbocycles. The zero-order valence-corrected chi connectivity index (χ0v) is 16.7. The van der Waals surface area contributed by atoms with Gasteiger partial charge in [0.25, 0.3) is 0 Å². The van der Waals surface area contributed by atoms with Crippen molar-refractivity contribution in [2.24, 2.45) is 0 Å². The van der Waals surface area contributed by atoms with E-state index in [2.05, 4.69) is 14.9 Å². The zero-order valence-electron chi connectivity index (χ0n) is 16.7. The van der Waals surface area contributed by atoms with Crippen molar-refractivity contribution in [2.75, 3.05) is 33.0 Å². The lowest BCUT2D eigenvalue weighted by molar-refractivity contribution is 0.0951. The Hall–Kier alpha value is -3.13. The van der Waals surface area contributed by atoms with E-state index in [9.17, 15) is 0 Å². The summed E-state index contributed by atoms with van der Waals surface area (Å²) in [5.41, 5.74) is 6.94. The maximum atomic E-state index is 6.19. The number of rotatable bonds is 6. The number of nitrogens with two attached hydrogens (primary N) is 1. The molecule has 1 aliphatic heterocycles. The Balaban J connectivity index is 1.43. The molecule has 0 amide bonds. The summed E-state index contributed by atoms with van der Waals surface area (Å²) >= 11 is 0. The fourth-order valence-electron chi connectivity index (χ4n) is 3.59. The van der Waals surface area contributed by atoms with Gasteiger partial charge < -0.3 is 19.9 Å². The number of piperidine rings is 1. The highest BCUT2D eigenvalue weighted by Gasteiger charge is 2.22. The summed E-state index contributed by atoms with van der Waals surface area (Å²) in [7, 11) is 3.20. The summed E-state index contributed by atoms with van der Waals surface area (Å²) in [5, 5.41) is 0.759. The minimum absolute atomic E-state index is 0.203. The van der Waals surface area contributed by atoms with E-state index in [1.54, 1.807) is 26.6 Å². The lowest BCUT2D eigenvalue weighted by Crippen LogP contribution is -2.38. The molecule has 1 saturated heterocycles. The van der Waals surface area contributed by atoms with Gasteiger partial charge in [0, 0.05) is 30.7 Å². The van der Waals surface area contributed by atoms with E-state index in [0.29, 0.717) is 29.7 Å². The molecular weight excluding hydrogens is 370 g/mol. The van der Waals surface area contributed by atoms with Crippen molar-refractivity contribution >= 4 is 16.7 Å². The fraction of sp³-hybridized carbons (Fsp3) is 0.381. The number of ether oxygens (including phenoxy) is 3. The molecule has 4 rings (SSSR count). The molecule has 8 nitrogen and oxygen atoms in total. The van der Waals surface area contributed by atoms with E-state index >= 15 is 0 Å². The van der Waals surface area contributed by atoms with E-state index in [-0.39, 0.29) is 6.10 Å². The maximum Gasteiger partial charge on any atom is 0.162 e. The number of benzene rings is 1. The van der Waals surface area contributed by atoms with Crippen molar-refractivity contribution < 1.29 is 14.2 Å². The number of fused-ring (bicyclic) bond motifs is 1. The normalized spacial score (nSPS) is 15.4. The molecular formula is C21H25N5O3. The molecule has 3 aromatic rings. The maximum absolute atomic E-state index is 6.19. The van der Waals surface area contributed by atoms with Gasteiger partial charge in [0.15, 0.2) is 11.5 Å². The molecule has 0 unspecified atom stereocenters. The van der Waals surface area contributed by atoms with Gasteiger partial charge in [-0.1, -0.05) is 0 Å². The predicted octanol–water partition coefficient (Wildman–Crippen LogP) is 2.67. The van der Waals surface area contributed by atoms with Crippen LogP contribution in [0.4, 0.5) is 5.82 Å². The van der Waals surface area contributed by atoms with Gasteiger partial charge in [-0.25, -0.2) is 9.97 Å². The SMILES string of the molecule is COc1cc2nc(CN3CCC(Oc4cccnc4)CC3)nc(N)c2cc1OC. The summed E-state index contributed by atoms with van der Waals surface area (Å²) in [6.07, 6.45) is 5.60. The molecule has 1 aliphatic rings.